The van der Waals surface area contributed by atoms with Crippen molar-refractivity contribution in [3.63, 3.8) is 0 Å². The van der Waals surface area contributed by atoms with Gasteiger partial charge in [-0.3, -0.25) is 4.90 Å². The zero-order valence-electron chi connectivity index (χ0n) is 11.3. The van der Waals surface area contributed by atoms with Gasteiger partial charge in [0.2, 0.25) is 0 Å². The van der Waals surface area contributed by atoms with E-state index in [2.05, 4.69) is 49.2 Å². The first kappa shape index (κ1) is 12.6. The summed E-state index contributed by atoms with van der Waals surface area (Å²) in [7, 11) is 0. The second kappa shape index (κ2) is 5.65. The summed E-state index contributed by atoms with van der Waals surface area (Å²) in [5.41, 5.74) is 4.37. The SMILES string of the molecule is CCC1CN(Cc2c(C)cccc2C)CCN1. The highest BCUT2D eigenvalue weighted by Crippen LogP contribution is 2.17. The molecular formula is C15H24N2. The number of piperazine rings is 1. The summed E-state index contributed by atoms with van der Waals surface area (Å²) in [6.45, 7) is 11.3. The molecule has 94 valence electrons. The summed E-state index contributed by atoms with van der Waals surface area (Å²) in [6.07, 6.45) is 1.23. The zero-order chi connectivity index (χ0) is 12.3. The van der Waals surface area contributed by atoms with Gasteiger partial charge in [-0.05, 0) is 37.0 Å². The number of nitrogens with zero attached hydrogens (tertiary/aromatic N) is 1. The van der Waals surface area contributed by atoms with Crippen LogP contribution in [-0.4, -0.2) is 30.6 Å². The van der Waals surface area contributed by atoms with Gasteiger partial charge in [0.05, 0.1) is 0 Å². The van der Waals surface area contributed by atoms with E-state index in [9.17, 15) is 0 Å². The van der Waals surface area contributed by atoms with E-state index in [0.29, 0.717) is 6.04 Å². The summed E-state index contributed by atoms with van der Waals surface area (Å²) in [5.74, 6) is 0. The van der Waals surface area contributed by atoms with Gasteiger partial charge in [0.25, 0.3) is 0 Å². The fourth-order valence-corrected chi connectivity index (χ4v) is 2.63. The Balaban J connectivity index is 2.05. The van der Waals surface area contributed by atoms with Gasteiger partial charge >= 0.3 is 0 Å². The van der Waals surface area contributed by atoms with E-state index >= 15 is 0 Å². The smallest absolute Gasteiger partial charge is 0.0240 e. The van der Waals surface area contributed by atoms with Crippen molar-refractivity contribution >= 4 is 0 Å². The molecule has 2 rings (SSSR count). The monoisotopic (exact) mass is 232 g/mol. The van der Waals surface area contributed by atoms with Crippen LogP contribution >= 0.6 is 0 Å². The fourth-order valence-electron chi connectivity index (χ4n) is 2.63. The molecule has 0 amide bonds. The van der Waals surface area contributed by atoms with Crippen molar-refractivity contribution in [2.45, 2.75) is 39.8 Å². The van der Waals surface area contributed by atoms with E-state index in [0.717, 1.165) is 13.1 Å². The molecule has 0 bridgehead atoms. The maximum Gasteiger partial charge on any atom is 0.0240 e. The van der Waals surface area contributed by atoms with Crippen LogP contribution in [0.2, 0.25) is 0 Å². The van der Waals surface area contributed by atoms with Gasteiger partial charge in [-0.1, -0.05) is 25.1 Å². The van der Waals surface area contributed by atoms with Crippen molar-refractivity contribution in [1.82, 2.24) is 10.2 Å². The Kier molecular flexibility index (Phi) is 4.19. The lowest BCUT2D eigenvalue weighted by molar-refractivity contribution is 0.189. The van der Waals surface area contributed by atoms with Gasteiger partial charge in [-0.2, -0.15) is 0 Å². The third-order valence-corrected chi connectivity index (χ3v) is 3.86. The van der Waals surface area contributed by atoms with Crippen LogP contribution in [0, 0.1) is 13.8 Å². The van der Waals surface area contributed by atoms with Gasteiger partial charge in [-0.15, -0.1) is 0 Å². The van der Waals surface area contributed by atoms with Gasteiger partial charge in [0, 0.05) is 32.2 Å². The van der Waals surface area contributed by atoms with Crippen LogP contribution in [0.25, 0.3) is 0 Å². The van der Waals surface area contributed by atoms with Gasteiger partial charge in [-0.25, -0.2) is 0 Å². The van der Waals surface area contributed by atoms with Crippen molar-refractivity contribution in [2.24, 2.45) is 0 Å². The number of aryl methyl sites for hydroxylation is 2. The summed E-state index contributed by atoms with van der Waals surface area (Å²) in [4.78, 5) is 2.58. The lowest BCUT2D eigenvalue weighted by atomic mass is 10.0. The Morgan fingerprint density at radius 3 is 2.65 bits per heavy atom. The molecule has 1 unspecified atom stereocenters. The molecule has 1 aromatic carbocycles. The molecule has 1 N–H and O–H groups in total. The normalized spacial score (nSPS) is 21.7. The molecule has 1 atom stereocenters. The minimum absolute atomic E-state index is 0.674. The molecule has 0 saturated carbocycles. The average Bonchev–Trinajstić information content (AvgIpc) is 2.34. The van der Waals surface area contributed by atoms with Crippen molar-refractivity contribution in [3.05, 3.63) is 34.9 Å². The number of nitrogens with one attached hydrogen (secondary N) is 1. The molecule has 1 saturated heterocycles. The molecule has 17 heavy (non-hydrogen) atoms. The van der Waals surface area contributed by atoms with Crippen LogP contribution in [-0.2, 0) is 6.54 Å². The average molecular weight is 232 g/mol. The molecule has 1 aliphatic rings. The van der Waals surface area contributed by atoms with Crippen LogP contribution < -0.4 is 5.32 Å². The van der Waals surface area contributed by atoms with E-state index in [4.69, 9.17) is 0 Å². The Morgan fingerprint density at radius 2 is 2.00 bits per heavy atom. The Morgan fingerprint density at radius 1 is 1.29 bits per heavy atom. The number of hydrogen-bond acceptors (Lipinski definition) is 2. The first-order chi connectivity index (χ1) is 8.20. The lowest BCUT2D eigenvalue weighted by Crippen LogP contribution is -2.49. The van der Waals surface area contributed by atoms with Crippen LogP contribution in [0.4, 0.5) is 0 Å². The summed E-state index contributed by atoms with van der Waals surface area (Å²) < 4.78 is 0. The maximum absolute atomic E-state index is 3.57. The second-order valence-corrected chi connectivity index (χ2v) is 5.16. The standard InChI is InChI=1S/C15H24N2/c1-4-14-10-17(9-8-16-14)11-15-12(2)6-5-7-13(15)3/h5-7,14,16H,4,8-11H2,1-3H3. The predicted molar refractivity (Wildman–Crippen MR) is 73.3 cm³/mol. The van der Waals surface area contributed by atoms with E-state index in [1.165, 1.54) is 36.2 Å². The van der Waals surface area contributed by atoms with Crippen molar-refractivity contribution in [3.8, 4) is 0 Å². The van der Waals surface area contributed by atoms with E-state index < -0.39 is 0 Å². The molecule has 1 aromatic rings. The van der Waals surface area contributed by atoms with E-state index in [1.807, 2.05) is 0 Å². The number of benzene rings is 1. The highest BCUT2D eigenvalue weighted by molar-refractivity contribution is 5.33. The molecular weight excluding hydrogens is 208 g/mol. The minimum Gasteiger partial charge on any atom is -0.311 e. The Hall–Kier alpha value is -0.860. The minimum atomic E-state index is 0.674. The molecule has 1 fully saturated rings. The summed E-state index contributed by atoms with van der Waals surface area (Å²) >= 11 is 0. The molecule has 0 aliphatic carbocycles. The summed E-state index contributed by atoms with van der Waals surface area (Å²) in [5, 5.41) is 3.57. The molecule has 0 aromatic heterocycles. The molecule has 0 radical (unpaired) electrons. The fraction of sp³-hybridized carbons (Fsp3) is 0.600. The van der Waals surface area contributed by atoms with Gasteiger partial charge in [0.15, 0.2) is 0 Å². The molecule has 1 heterocycles. The summed E-state index contributed by atoms with van der Waals surface area (Å²) in [6, 6.07) is 7.28. The second-order valence-electron chi connectivity index (χ2n) is 5.16. The molecule has 2 nitrogen and oxygen atoms in total. The number of hydrogen-bond donors (Lipinski definition) is 1. The Labute approximate surface area is 105 Å². The van der Waals surface area contributed by atoms with Crippen molar-refractivity contribution < 1.29 is 0 Å². The Bertz CT molecular complexity index is 353. The van der Waals surface area contributed by atoms with Crippen LogP contribution in [0.1, 0.15) is 30.0 Å². The van der Waals surface area contributed by atoms with Crippen LogP contribution in [0.3, 0.4) is 0 Å². The first-order valence-electron chi connectivity index (χ1n) is 6.71. The predicted octanol–water partition coefficient (Wildman–Crippen LogP) is 2.49. The van der Waals surface area contributed by atoms with Gasteiger partial charge in [0.1, 0.15) is 0 Å². The van der Waals surface area contributed by atoms with Crippen molar-refractivity contribution in [1.29, 1.82) is 0 Å². The third kappa shape index (κ3) is 3.08. The quantitative estimate of drug-likeness (QED) is 0.861. The number of rotatable bonds is 3. The highest BCUT2D eigenvalue weighted by atomic mass is 15.2. The van der Waals surface area contributed by atoms with Crippen LogP contribution in [0.5, 0.6) is 0 Å². The van der Waals surface area contributed by atoms with Gasteiger partial charge < -0.3 is 5.32 Å². The molecule has 1 aliphatic heterocycles. The van der Waals surface area contributed by atoms with Crippen LogP contribution in [0.15, 0.2) is 18.2 Å². The largest absolute Gasteiger partial charge is 0.311 e. The topological polar surface area (TPSA) is 15.3 Å². The first-order valence-corrected chi connectivity index (χ1v) is 6.71. The molecule has 2 heteroatoms. The maximum atomic E-state index is 3.57. The van der Waals surface area contributed by atoms with Crippen molar-refractivity contribution in [2.75, 3.05) is 19.6 Å². The lowest BCUT2D eigenvalue weighted by Gasteiger charge is -2.33. The zero-order valence-corrected chi connectivity index (χ0v) is 11.3. The van der Waals surface area contributed by atoms with E-state index in [-0.39, 0.29) is 0 Å². The van der Waals surface area contributed by atoms with E-state index in [1.54, 1.807) is 0 Å². The third-order valence-electron chi connectivity index (χ3n) is 3.86. The highest BCUT2D eigenvalue weighted by Gasteiger charge is 2.18. The molecule has 0 spiro atoms.